The van der Waals surface area contributed by atoms with Crippen molar-refractivity contribution in [2.75, 3.05) is 18.9 Å². The Hall–Kier alpha value is -3.63. The molecule has 9 nitrogen and oxygen atoms in total. The van der Waals surface area contributed by atoms with Gasteiger partial charge in [0.2, 0.25) is 5.95 Å². The van der Waals surface area contributed by atoms with Crippen molar-refractivity contribution in [3.05, 3.63) is 59.7 Å². The molecule has 1 fully saturated rings. The van der Waals surface area contributed by atoms with E-state index in [9.17, 15) is 9.90 Å². The number of nitrogens with zero attached hydrogens (tertiary/aromatic N) is 6. The van der Waals surface area contributed by atoms with E-state index >= 15 is 0 Å². The average Bonchev–Trinajstić information content (AvgIpc) is 3.52. The number of anilines is 2. The summed E-state index contributed by atoms with van der Waals surface area (Å²) in [6, 6.07) is 11.0. The molecule has 3 aromatic heterocycles. The first kappa shape index (κ1) is 20.3. The third-order valence-corrected chi connectivity index (χ3v) is 6.34. The minimum atomic E-state index is -1.48. The molecule has 1 aliphatic rings. The first-order valence-corrected chi connectivity index (χ1v) is 10.9. The number of hydrogen-bond acceptors (Lipinski definition) is 8. The van der Waals surface area contributed by atoms with Gasteiger partial charge in [-0.1, -0.05) is 18.2 Å². The van der Waals surface area contributed by atoms with Gasteiger partial charge < -0.3 is 15.3 Å². The van der Waals surface area contributed by atoms with E-state index in [1.807, 2.05) is 42.9 Å². The van der Waals surface area contributed by atoms with Gasteiger partial charge in [-0.15, -0.1) is 11.3 Å². The van der Waals surface area contributed by atoms with E-state index in [0.717, 1.165) is 16.3 Å². The normalized spacial score (nSPS) is 18.3. The largest absolute Gasteiger partial charge is 0.375 e. The highest BCUT2D eigenvalue weighted by molar-refractivity contribution is 7.13. The fourth-order valence-corrected chi connectivity index (χ4v) is 4.51. The highest BCUT2D eigenvalue weighted by atomic mass is 32.1. The van der Waals surface area contributed by atoms with Crippen molar-refractivity contribution in [3.8, 4) is 22.0 Å². The number of benzene rings is 1. The van der Waals surface area contributed by atoms with Crippen LogP contribution in [0.25, 0.3) is 22.0 Å². The Bertz CT molecular complexity index is 1300. The molecule has 1 amide bonds. The quantitative estimate of drug-likeness (QED) is 0.484. The van der Waals surface area contributed by atoms with Gasteiger partial charge in [0, 0.05) is 56.5 Å². The number of hydrogen-bond donors (Lipinski definition) is 2. The number of aryl methyl sites for hydroxylation is 1. The van der Waals surface area contributed by atoms with Gasteiger partial charge in [0.25, 0.3) is 5.91 Å². The van der Waals surface area contributed by atoms with Crippen molar-refractivity contribution < 1.29 is 9.90 Å². The zero-order valence-corrected chi connectivity index (χ0v) is 18.4. The SMILES string of the molecule is CN1CCC(O)(c2cccc(-c3csc(-c4ccnc(Nc5ccn(C)n5)n4)n3)c2)C1=O. The summed E-state index contributed by atoms with van der Waals surface area (Å²) in [5.41, 5.74) is 1.39. The Balaban J connectivity index is 1.41. The van der Waals surface area contributed by atoms with Crippen LogP contribution in [0.4, 0.5) is 11.8 Å². The van der Waals surface area contributed by atoms with Gasteiger partial charge in [0.05, 0.1) is 5.69 Å². The molecule has 0 spiro atoms. The Morgan fingerprint density at radius 1 is 1.16 bits per heavy atom. The van der Waals surface area contributed by atoms with Gasteiger partial charge in [-0.3, -0.25) is 9.48 Å². The van der Waals surface area contributed by atoms with Crippen molar-refractivity contribution in [3.63, 3.8) is 0 Å². The molecule has 4 heterocycles. The summed E-state index contributed by atoms with van der Waals surface area (Å²) in [6.07, 6.45) is 3.88. The second kappa shape index (κ2) is 7.81. The van der Waals surface area contributed by atoms with Gasteiger partial charge in [0.1, 0.15) is 10.7 Å². The maximum Gasteiger partial charge on any atom is 0.258 e. The number of aromatic nitrogens is 5. The second-order valence-electron chi connectivity index (χ2n) is 7.72. The van der Waals surface area contributed by atoms with E-state index < -0.39 is 5.60 Å². The number of nitrogens with one attached hydrogen (secondary N) is 1. The van der Waals surface area contributed by atoms with Gasteiger partial charge in [-0.25, -0.2) is 15.0 Å². The number of aliphatic hydroxyl groups is 1. The summed E-state index contributed by atoms with van der Waals surface area (Å²) in [7, 11) is 3.55. The Kier molecular flexibility index (Phi) is 4.95. The van der Waals surface area contributed by atoms with Crippen LogP contribution in [0.2, 0.25) is 0 Å². The smallest absolute Gasteiger partial charge is 0.258 e. The van der Waals surface area contributed by atoms with Crippen molar-refractivity contribution in [1.29, 1.82) is 0 Å². The molecule has 10 heteroatoms. The van der Waals surface area contributed by atoms with Crippen molar-refractivity contribution in [1.82, 2.24) is 29.6 Å². The Morgan fingerprint density at radius 3 is 2.78 bits per heavy atom. The predicted molar refractivity (Wildman–Crippen MR) is 121 cm³/mol. The molecule has 0 radical (unpaired) electrons. The zero-order valence-electron chi connectivity index (χ0n) is 17.6. The molecular formula is C22H21N7O2S. The minimum absolute atomic E-state index is 0.275. The molecule has 1 unspecified atom stereocenters. The Labute approximate surface area is 188 Å². The standard InChI is InChI=1S/C22H21N7O2S/c1-28-11-8-22(31,20(28)30)15-5-3-4-14(12-15)17-13-32-19(24-17)16-6-9-23-21(25-16)26-18-7-10-29(2)27-18/h3-7,9-10,12-13,31H,8,11H2,1-2H3,(H,23,25,26,27). The lowest BCUT2D eigenvalue weighted by atomic mass is 9.90. The van der Waals surface area contributed by atoms with Crippen LogP contribution in [0.1, 0.15) is 12.0 Å². The molecule has 1 aliphatic heterocycles. The van der Waals surface area contributed by atoms with E-state index in [-0.39, 0.29) is 5.91 Å². The lowest BCUT2D eigenvalue weighted by Gasteiger charge is -2.21. The van der Waals surface area contributed by atoms with Crippen LogP contribution in [-0.4, -0.2) is 54.2 Å². The van der Waals surface area contributed by atoms with E-state index in [2.05, 4.69) is 20.4 Å². The molecule has 0 bridgehead atoms. The molecular weight excluding hydrogens is 426 g/mol. The molecule has 1 aromatic carbocycles. The van der Waals surface area contributed by atoms with Crippen LogP contribution in [0.5, 0.6) is 0 Å². The van der Waals surface area contributed by atoms with Crippen LogP contribution in [0.3, 0.4) is 0 Å². The van der Waals surface area contributed by atoms with E-state index in [0.29, 0.717) is 36.0 Å². The molecule has 0 saturated carbocycles. The number of carbonyl (C=O) groups excluding carboxylic acids is 1. The zero-order chi connectivity index (χ0) is 22.3. The van der Waals surface area contributed by atoms with Gasteiger partial charge >= 0.3 is 0 Å². The summed E-state index contributed by atoms with van der Waals surface area (Å²) in [5.74, 6) is 0.819. The summed E-state index contributed by atoms with van der Waals surface area (Å²) in [5, 5.41) is 21.0. The molecule has 5 rings (SSSR count). The average molecular weight is 448 g/mol. The van der Waals surface area contributed by atoms with Crippen LogP contribution >= 0.6 is 11.3 Å². The first-order chi connectivity index (χ1) is 15.4. The number of carbonyl (C=O) groups is 1. The minimum Gasteiger partial charge on any atom is -0.375 e. The lowest BCUT2D eigenvalue weighted by Crippen LogP contribution is -2.36. The molecule has 4 aromatic rings. The molecule has 1 atom stereocenters. The van der Waals surface area contributed by atoms with Crippen molar-refractivity contribution >= 4 is 29.0 Å². The van der Waals surface area contributed by atoms with E-state index in [1.54, 1.807) is 35.0 Å². The maximum absolute atomic E-state index is 12.5. The van der Waals surface area contributed by atoms with E-state index in [4.69, 9.17) is 4.98 Å². The topological polar surface area (TPSA) is 109 Å². The highest BCUT2D eigenvalue weighted by Gasteiger charge is 2.45. The molecule has 162 valence electrons. The monoisotopic (exact) mass is 447 g/mol. The van der Waals surface area contributed by atoms with Crippen LogP contribution in [-0.2, 0) is 17.4 Å². The third kappa shape index (κ3) is 3.63. The molecule has 2 N–H and O–H groups in total. The second-order valence-corrected chi connectivity index (χ2v) is 8.58. The van der Waals surface area contributed by atoms with Crippen LogP contribution < -0.4 is 5.32 Å². The Morgan fingerprint density at radius 2 is 2.03 bits per heavy atom. The van der Waals surface area contributed by atoms with E-state index in [1.165, 1.54) is 11.3 Å². The summed E-state index contributed by atoms with van der Waals surface area (Å²) >= 11 is 1.47. The van der Waals surface area contributed by atoms with Crippen LogP contribution in [0, 0.1) is 0 Å². The maximum atomic E-state index is 12.5. The number of rotatable bonds is 5. The summed E-state index contributed by atoms with van der Waals surface area (Å²) in [4.78, 5) is 27.6. The lowest BCUT2D eigenvalue weighted by molar-refractivity contribution is -0.143. The summed E-state index contributed by atoms with van der Waals surface area (Å²) < 4.78 is 1.70. The van der Waals surface area contributed by atoms with Gasteiger partial charge in [-0.2, -0.15) is 5.10 Å². The first-order valence-electron chi connectivity index (χ1n) is 10.1. The van der Waals surface area contributed by atoms with Crippen molar-refractivity contribution in [2.24, 2.45) is 7.05 Å². The van der Waals surface area contributed by atoms with Gasteiger partial charge in [0.15, 0.2) is 11.4 Å². The fraction of sp³-hybridized carbons (Fsp3) is 0.227. The van der Waals surface area contributed by atoms with Gasteiger partial charge in [-0.05, 0) is 17.7 Å². The molecule has 0 aliphatic carbocycles. The molecule has 1 saturated heterocycles. The molecule has 32 heavy (non-hydrogen) atoms. The number of amides is 1. The third-order valence-electron chi connectivity index (χ3n) is 5.48. The predicted octanol–water partition coefficient (Wildman–Crippen LogP) is 2.79. The number of likely N-dealkylation sites (tertiary alicyclic amines) is 1. The number of likely N-dealkylation sites (N-methyl/N-ethyl adjacent to an activating group) is 1. The van der Waals surface area contributed by atoms with Crippen LogP contribution in [0.15, 0.2) is 54.2 Å². The fourth-order valence-electron chi connectivity index (χ4n) is 3.72. The summed E-state index contributed by atoms with van der Waals surface area (Å²) in [6.45, 7) is 0.531. The number of thiazole rings is 1. The highest BCUT2D eigenvalue weighted by Crippen LogP contribution is 2.35. The van der Waals surface area contributed by atoms with Crippen molar-refractivity contribution in [2.45, 2.75) is 12.0 Å².